The Kier molecular flexibility index (Phi) is 5.30. The van der Waals surface area contributed by atoms with Crippen LogP contribution >= 0.6 is 15.9 Å². The van der Waals surface area contributed by atoms with Crippen molar-refractivity contribution in [2.24, 2.45) is 0 Å². The van der Waals surface area contributed by atoms with Gasteiger partial charge in [-0.25, -0.2) is 4.39 Å². The van der Waals surface area contributed by atoms with Crippen LogP contribution in [0.2, 0.25) is 0 Å². The third kappa shape index (κ3) is 4.05. The van der Waals surface area contributed by atoms with Crippen LogP contribution in [0.3, 0.4) is 0 Å². The zero-order chi connectivity index (χ0) is 14.7. The van der Waals surface area contributed by atoms with Gasteiger partial charge in [0.1, 0.15) is 5.82 Å². The van der Waals surface area contributed by atoms with Gasteiger partial charge in [-0.3, -0.25) is 4.90 Å². The molecule has 0 aromatic heterocycles. The number of hydrogen-bond donors (Lipinski definition) is 0. The second-order valence-electron chi connectivity index (χ2n) is 6.34. The molecule has 116 valence electrons. The summed E-state index contributed by atoms with van der Waals surface area (Å²) in [4.78, 5) is 5.08. The van der Waals surface area contributed by atoms with E-state index >= 15 is 0 Å². The Labute approximate surface area is 135 Å². The summed E-state index contributed by atoms with van der Waals surface area (Å²) in [6, 6.07) is 6.15. The third-order valence-electron chi connectivity index (χ3n) is 4.87. The monoisotopic (exact) mass is 354 g/mol. The van der Waals surface area contributed by atoms with Crippen LogP contribution in [0.25, 0.3) is 0 Å². The lowest BCUT2D eigenvalue weighted by molar-refractivity contribution is 0.0892. The van der Waals surface area contributed by atoms with Crippen LogP contribution in [-0.2, 0) is 6.54 Å². The van der Waals surface area contributed by atoms with Crippen molar-refractivity contribution < 1.29 is 4.39 Å². The van der Waals surface area contributed by atoms with Crippen LogP contribution in [0.4, 0.5) is 4.39 Å². The van der Waals surface area contributed by atoms with E-state index in [-0.39, 0.29) is 5.82 Å². The molecule has 2 saturated heterocycles. The fourth-order valence-electron chi connectivity index (χ4n) is 3.62. The standard InChI is InChI=1S/C17H24BrFN2/c18-15-5-4-14(17(19)12-15)13-20-10-6-16(7-11-20)21-8-2-1-3-9-21/h4-5,12,16H,1-3,6-11,13H2. The molecule has 21 heavy (non-hydrogen) atoms. The van der Waals surface area contributed by atoms with Crippen LogP contribution in [0.1, 0.15) is 37.7 Å². The van der Waals surface area contributed by atoms with E-state index in [1.165, 1.54) is 45.2 Å². The maximum absolute atomic E-state index is 13.9. The van der Waals surface area contributed by atoms with Crippen LogP contribution < -0.4 is 0 Å². The van der Waals surface area contributed by atoms with E-state index in [1.54, 1.807) is 6.07 Å². The van der Waals surface area contributed by atoms with Crippen molar-refractivity contribution in [2.45, 2.75) is 44.7 Å². The first-order valence-electron chi connectivity index (χ1n) is 8.13. The summed E-state index contributed by atoms with van der Waals surface area (Å²) in [5.74, 6) is -0.0949. The highest BCUT2D eigenvalue weighted by atomic mass is 79.9. The second-order valence-corrected chi connectivity index (χ2v) is 7.26. The van der Waals surface area contributed by atoms with E-state index in [1.807, 2.05) is 12.1 Å². The molecule has 1 aromatic carbocycles. The largest absolute Gasteiger partial charge is 0.300 e. The van der Waals surface area contributed by atoms with Gasteiger partial charge in [0.2, 0.25) is 0 Å². The molecular formula is C17H24BrFN2. The fourth-order valence-corrected chi connectivity index (χ4v) is 3.95. The van der Waals surface area contributed by atoms with Crippen molar-refractivity contribution in [2.75, 3.05) is 26.2 Å². The van der Waals surface area contributed by atoms with E-state index in [4.69, 9.17) is 0 Å². The summed E-state index contributed by atoms with van der Waals surface area (Å²) < 4.78 is 14.7. The van der Waals surface area contributed by atoms with Gasteiger partial charge in [-0.05, 0) is 64.0 Å². The molecule has 0 bridgehead atoms. The zero-order valence-electron chi connectivity index (χ0n) is 12.5. The van der Waals surface area contributed by atoms with Gasteiger partial charge in [-0.1, -0.05) is 28.4 Å². The molecule has 0 aliphatic carbocycles. The Bertz CT molecular complexity index is 466. The molecule has 0 amide bonds. The SMILES string of the molecule is Fc1cc(Br)ccc1CN1CCC(N2CCCCC2)CC1. The summed E-state index contributed by atoms with van der Waals surface area (Å²) in [6.45, 7) is 5.50. The van der Waals surface area contributed by atoms with Gasteiger partial charge in [0.25, 0.3) is 0 Å². The quantitative estimate of drug-likeness (QED) is 0.808. The van der Waals surface area contributed by atoms with Crippen LogP contribution in [0.5, 0.6) is 0 Å². The fraction of sp³-hybridized carbons (Fsp3) is 0.647. The predicted octanol–water partition coefficient (Wildman–Crippen LogP) is 4.04. The number of rotatable bonds is 3. The molecule has 2 heterocycles. The van der Waals surface area contributed by atoms with E-state index in [0.717, 1.165) is 35.7 Å². The average molecular weight is 355 g/mol. The van der Waals surface area contributed by atoms with Gasteiger partial charge >= 0.3 is 0 Å². The van der Waals surface area contributed by atoms with Gasteiger partial charge in [0.15, 0.2) is 0 Å². The predicted molar refractivity (Wildman–Crippen MR) is 87.8 cm³/mol. The molecular weight excluding hydrogens is 331 g/mol. The highest BCUT2D eigenvalue weighted by Gasteiger charge is 2.25. The van der Waals surface area contributed by atoms with Gasteiger partial charge in [0.05, 0.1) is 0 Å². The van der Waals surface area contributed by atoms with Gasteiger partial charge in [0, 0.05) is 22.6 Å². The minimum Gasteiger partial charge on any atom is -0.300 e. The molecule has 2 aliphatic heterocycles. The molecule has 1 aromatic rings. The molecule has 0 unspecified atom stereocenters. The van der Waals surface area contributed by atoms with Crippen molar-refractivity contribution in [3.8, 4) is 0 Å². The summed E-state index contributed by atoms with van der Waals surface area (Å²) >= 11 is 3.31. The molecule has 2 nitrogen and oxygen atoms in total. The summed E-state index contributed by atoms with van der Waals surface area (Å²) in [6.07, 6.45) is 6.60. The van der Waals surface area contributed by atoms with Gasteiger partial charge in [-0.2, -0.15) is 0 Å². The smallest absolute Gasteiger partial charge is 0.128 e. The van der Waals surface area contributed by atoms with E-state index < -0.39 is 0 Å². The molecule has 2 fully saturated rings. The minimum absolute atomic E-state index is 0.0949. The Morgan fingerprint density at radius 2 is 1.76 bits per heavy atom. The third-order valence-corrected chi connectivity index (χ3v) is 5.37. The number of piperidine rings is 2. The molecule has 0 atom stereocenters. The molecule has 3 rings (SSSR count). The average Bonchev–Trinajstić information content (AvgIpc) is 2.52. The Morgan fingerprint density at radius 1 is 1.05 bits per heavy atom. The van der Waals surface area contributed by atoms with Gasteiger partial charge < -0.3 is 4.90 Å². The highest BCUT2D eigenvalue weighted by Crippen LogP contribution is 2.23. The minimum atomic E-state index is -0.0949. The lowest BCUT2D eigenvalue weighted by atomic mass is 9.99. The number of nitrogens with zero attached hydrogens (tertiary/aromatic N) is 2. The summed E-state index contributed by atoms with van der Waals surface area (Å²) in [5, 5.41) is 0. The molecule has 0 spiro atoms. The lowest BCUT2D eigenvalue weighted by Gasteiger charge is -2.40. The van der Waals surface area contributed by atoms with Crippen molar-refractivity contribution in [3.63, 3.8) is 0 Å². The first-order valence-corrected chi connectivity index (χ1v) is 8.92. The highest BCUT2D eigenvalue weighted by molar-refractivity contribution is 9.10. The Balaban J connectivity index is 1.51. The Hall–Kier alpha value is -0.450. The first kappa shape index (κ1) is 15.4. The molecule has 2 aliphatic rings. The van der Waals surface area contributed by atoms with Crippen molar-refractivity contribution >= 4 is 15.9 Å². The van der Waals surface area contributed by atoms with E-state index in [9.17, 15) is 4.39 Å². The second kappa shape index (κ2) is 7.21. The Morgan fingerprint density at radius 3 is 2.43 bits per heavy atom. The normalized spacial score (nSPS) is 22.6. The van der Waals surface area contributed by atoms with Crippen molar-refractivity contribution in [1.29, 1.82) is 0 Å². The first-order chi connectivity index (χ1) is 10.2. The van der Waals surface area contributed by atoms with Crippen LogP contribution in [-0.4, -0.2) is 42.0 Å². The zero-order valence-corrected chi connectivity index (χ0v) is 14.1. The summed E-state index contributed by atoms with van der Waals surface area (Å²) in [5.41, 5.74) is 0.814. The van der Waals surface area contributed by atoms with E-state index in [2.05, 4.69) is 25.7 Å². The molecule has 0 radical (unpaired) electrons. The maximum atomic E-state index is 13.9. The maximum Gasteiger partial charge on any atom is 0.128 e. The van der Waals surface area contributed by atoms with Crippen molar-refractivity contribution in [3.05, 3.63) is 34.1 Å². The van der Waals surface area contributed by atoms with Crippen molar-refractivity contribution in [1.82, 2.24) is 9.80 Å². The van der Waals surface area contributed by atoms with Gasteiger partial charge in [-0.15, -0.1) is 0 Å². The topological polar surface area (TPSA) is 6.48 Å². The molecule has 4 heteroatoms. The lowest BCUT2D eigenvalue weighted by Crippen LogP contribution is -2.46. The van der Waals surface area contributed by atoms with Crippen LogP contribution in [0, 0.1) is 5.82 Å². The summed E-state index contributed by atoms with van der Waals surface area (Å²) in [7, 11) is 0. The number of halogens is 2. The number of hydrogen-bond acceptors (Lipinski definition) is 2. The number of likely N-dealkylation sites (tertiary alicyclic amines) is 2. The van der Waals surface area contributed by atoms with Crippen LogP contribution in [0.15, 0.2) is 22.7 Å². The number of benzene rings is 1. The van der Waals surface area contributed by atoms with E-state index in [0.29, 0.717) is 0 Å². The molecule has 0 saturated carbocycles. The molecule has 0 N–H and O–H groups in total.